The van der Waals surface area contributed by atoms with E-state index >= 15 is 0 Å². The molecule has 21 heavy (non-hydrogen) atoms. The van der Waals surface area contributed by atoms with Gasteiger partial charge in [-0.2, -0.15) is 0 Å². The molecule has 0 aliphatic carbocycles. The van der Waals surface area contributed by atoms with Gasteiger partial charge >= 0.3 is 0 Å². The van der Waals surface area contributed by atoms with E-state index in [1.54, 1.807) is 0 Å². The molecule has 0 radical (unpaired) electrons. The topological polar surface area (TPSA) is 37.2 Å². The molecule has 1 atom stereocenters. The molecular weight excluding hydrogens is 260 g/mol. The third kappa shape index (κ3) is 2.35. The third-order valence-electron chi connectivity index (χ3n) is 3.99. The van der Waals surface area contributed by atoms with Crippen LogP contribution in [0.4, 0.5) is 0 Å². The molecule has 108 valence electrons. The molecule has 3 aromatic rings. The Morgan fingerprint density at radius 2 is 1.62 bits per heavy atom. The molecule has 0 spiro atoms. The van der Waals surface area contributed by atoms with Crippen LogP contribution in [0.5, 0.6) is 5.75 Å². The lowest BCUT2D eigenvalue weighted by Crippen LogP contribution is -2.21. The summed E-state index contributed by atoms with van der Waals surface area (Å²) in [6.45, 7) is 6.18. The van der Waals surface area contributed by atoms with E-state index in [-0.39, 0.29) is 6.04 Å². The van der Waals surface area contributed by atoms with Crippen molar-refractivity contribution in [3.63, 3.8) is 0 Å². The smallest absolute Gasteiger partial charge is 0.128 e. The van der Waals surface area contributed by atoms with E-state index in [9.17, 15) is 5.11 Å². The third-order valence-corrected chi connectivity index (χ3v) is 3.99. The molecule has 0 saturated heterocycles. The van der Waals surface area contributed by atoms with E-state index in [0.29, 0.717) is 5.75 Å². The quantitative estimate of drug-likeness (QED) is 0.752. The number of phenolic OH excluding ortho intramolecular Hbond substituents is 1. The van der Waals surface area contributed by atoms with Gasteiger partial charge in [-0.1, -0.05) is 36.4 Å². The van der Waals surface area contributed by atoms with Crippen LogP contribution in [0.1, 0.15) is 29.9 Å². The van der Waals surface area contributed by atoms with E-state index in [1.807, 2.05) is 30.3 Å². The fraction of sp³-hybridized carbons (Fsp3) is 0.222. The van der Waals surface area contributed by atoms with E-state index < -0.39 is 0 Å². The predicted molar refractivity (Wildman–Crippen MR) is 87.3 cm³/mol. The van der Waals surface area contributed by atoms with Gasteiger partial charge in [-0.25, -0.2) is 0 Å². The summed E-state index contributed by atoms with van der Waals surface area (Å²) in [5.74, 6) is 0.357. The lowest BCUT2D eigenvalue weighted by Gasteiger charge is -2.21. The van der Waals surface area contributed by atoms with Crippen molar-refractivity contribution in [2.75, 3.05) is 5.43 Å². The molecule has 0 bridgehead atoms. The number of phenols is 1. The second-order valence-electron chi connectivity index (χ2n) is 5.53. The molecule has 2 aromatic carbocycles. The number of nitrogens with one attached hydrogen (secondary N) is 1. The van der Waals surface area contributed by atoms with E-state index in [4.69, 9.17) is 0 Å². The van der Waals surface area contributed by atoms with Crippen LogP contribution < -0.4 is 5.43 Å². The average molecular weight is 280 g/mol. The number of aromatic nitrogens is 1. The number of aryl methyl sites for hydroxylation is 2. The van der Waals surface area contributed by atoms with Gasteiger partial charge in [0.2, 0.25) is 0 Å². The van der Waals surface area contributed by atoms with Gasteiger partial charge in [-0.3, -0.25) is 4.68 Å². The second-order valence-corrected chi connectivity index (χ2v) is 5.53. The molecule has 0 aliphatic rings. The maximum atomic E-state index is 10.5. The van der Waals surface area contributed by atoms with Crippen LogP contribution in [0.2, 0.25) is 0 Å². The number of nitrogens with zero attached hydrogens (tertiary/aromatic N) is 1. The molecule has 2 N–H and O–H groups in total. The Bertz CT molecular complexity index is 770. The van der Waals surface area contributed by atoms with E-state index in [1.165, 1.54) is 0 Å². The fourth-order valence-corrected chi connectivity index (χ4v) is 2.76. The molecule has 0 fully saturated rings. The van der Waals surface area contributed by atoms with Crippen LogP contribution in [0.25, 0.3) is 10.8 Å². The highest BCUT2D eigenvalue weighted by Crippen LogP contribution is 2.32. The van der Waals surface area contributed by atoms with Gasteiger partial charge in [0.1, 0.15) is 5.75 Å². The minimum atomic E-state index is 0.0133. The van der Waals surface area contributed by atoms with Gasteiger partial charge in [0.15, 0.2) is 0 Å². The highest BCUT2D eigenvalue weighted by molar-refractivity contribution is 5.89. The number of fused-ring (bicyclic) bond motifs is 1. The zero-order chi connectivity index (χ0) is 15.0. The summed E-state index contributed by atoms with van der Waals surface area (Å²) < 4.78 is 2.05. The summed E-state index contributed by atoms with van der Waals surface area (Å²) in [4.78, 5) is 0. The maximum absolute atomic E-state index is 10.5. The van der Waals surface area contributed by atoms with Crippen molar-refractivity contribution in [2.45, 2.75) is 26.8 Å². The maximum Gasteiger partial charge on any atom is 0.128 e. The Morgan fingerprint density at radius 1 is 0.952 bits per heavy atom. The van der Waals surface area contributed by atoms with E-state index in [2.05, 4.69) is 49.1 Å². The largest absolute Gasteiger partial charge is 0.507 e. The average Bonchev–Trinajstić information content (AvgIpc) is 2.79. The van der Waals surface area contributed by atoms with Crippen molar-refractivity contribution >= 4 is 10.8 Å². The van der Waals surface area contributed by atoms with Crippen molar-refractivity contribution in [1.82, 2.24) is 4.68 Å². The Balaban J connectivity index is 1.98. The van der Waals surface area contributed by atoms with Gasteiger partial charge in [0, 0.05) is 22.3 Å². The molecule has 1 unspecified atom stereocenters. The highest BCUT2D eigenvalue weighted by Gasteiger charge is 2.14. The van der Waals surface area contributed by atoms with Gasteiger partial charge in [-0.15, -0.1) is 0 Å². The number of hydrogen-bond acceptors (Lipinski definition) is 2. The Kier molecular flexibility index (Phi) is 3.34. The molecule has 1 heterocycles. The molecule has 3 nitrogen and oxygen atoms in total. The second kappa shape index (κ2) is 5.17. The minimum absolute atomic E-state index is 0.0133. The Morgan fingerprint density at radius 3 is 2.33 bits per heavy atom. The molecule has 0 aliphatic heterocycles. The summed E-state index contributed by atoms with van der Waals surface area (Å²) in [5.41, 5.74) is 6.65. The first kappa shape index (κ1) is 13.6. The van der Waals surface area contributed by atoms with Crippen molar-refractivity contribution in [2.24, 2.45) is 0 Å². The first-order chi connectivity index (χ1) is 10.1. The zero-order valence-corrected chi connectivity index (χ0v) is 12.6. The molecule has 3 heteroatoms. The number of rotatable bonds is 3. The number of benzene rings is 2. The van der Waals surface area contributed by atoms with Gasteiger partial charge in [-0.05, 0) is 38.3 Å². The normalized spacial score (nSPS) is 12.5. The fourth-order valence-electron chi connectivity index (χ4n) is 2.76. The lowest BCUT2D eigenvalue weighted by molar-refractivity contribution is 0.469. The minimum Gasteiger partial charge on any atom is -0.507 e. The molecule has 0 saturated carbocycles. The Hall–Kier alpha value is -2.42. The predicted octanol–water partition coefficient (Wildman–Crippen LogP) is 4.27. The van der Waals surface area contributed by atoms with Crippen LogP contribution in [0, 0.1) is 13.8 Å². The van der Waals surface area contributed by atoms with Crippen LogP contribution in [0.15, 0.2) is 48.5 Å². The Labute approximate surface area is 124 Å². The monoisotopic (exact) mass is 280 g/mol. The summed E-state index contributed by atoms with van der Waals surface area (Å²) in [5, 5.41) is 12.5. The number of hydrogen-bond donors (Lipinski definition) is 2. The summed E-state index contributed by atoms with van der Waals surface area (Å²) in [6.07, 6.45) is 0. The zero-order valence-electron chi connectivity index (χ0n) is 12.6. The van der Waals surface area contributed by atoms with Crippen LogP contribution in [-0.4, -0.2) is 9.78 Å². The van der Waals surface area contributed by atoms with E-state index in [0.717, 1.165) is 27.7 Å². The first-order valence-corrected chi connectivity index (χ1v) is 7.20. The number of aromatic hydroxyl groups is 1. The van der Waals surface area contributed by atoms with Crippen LogP contribution in [0.3, 0.4) is 0 Å². The summed E-state index contributed by atoms with van der Waals surface area (Å²) >= 11 is 0. The van der Waals surface area contributed by atoms with Crippen LogP contribution >= 0.6 is 0 Å². The summed E-state index contributed by atoms with van der Waals surface area (Å²) in [6, 6.07) is 16.1. The van der Waals surface area contributed by atoms with Crippen LogP contribution in [-0.2, 0) is 0 Å². The van der Waals surface area contributed by atoms with Crippen molar-refractivity contribution in [3.8, 4) is 5.75 Å². The van der Waals surface area contributed by atoms with Gasteiger partial charge < -0.3 is 10.5 Å². The highest BCUT2D eigenvalue weighted by atomic mass is 16.3. The molecule has 1 aromatic heterocycles. The molecule has 0 amide bonds. The molecule has 3 rings (SSSR count). The first-order valence-electron chi connectivity index (χ1n) is 7.20. The van der Waals surface area contributed by atoms with Gasteiger partial charge in [0.25, 0.3) is 0 Å². The standard InChI is InChI=1S/C18H20N2O/c1-12-8-9-13(2)20(12)19-14(3)16-11-10-15-6-4-5-7-17(15)18(16)21/h4-11,14,19,21H,1-3H3. The van der Waals surface area contributed by atoms with Gasteiger partial charge in [0.05, 0.1) is 6.04 Å². The summed E-state index contributed by atoms with van der Waals surface area (Å²) in [7, 11) is 0. The van der Waals surface area contributed by atoms with Crippen molar-refractivity contribution < 1.29 is 5.11 Å². The lowest BCUT2D eigenvalue weighted by atomic mass is 10.0. The van der Waals surface area contributed by atoms with Crippen molar-refractivity contribution in [1.29, 1.82) is 0 Å². The van der Waals surface area contributed by atoms with Crippen molar-refractivity contribution in [3.05, 3.63) is 65.5 Å². The molecular formula is C18H20N2O. The SMILES string of the molecule is Cc1ccc(C)n1NC(C)c1ccc2ccccc2c1O.